The summed E-state index contributed by atoms with van der Waals surface area (Å²) in [5, 5.41) is 6.91. The monoisotopic (exact) mass is 152 g/mol. The third kappa shape index (κ3) is 0.991. The second kappa shape index (κ2) is 2.23. The van der Waals surface area contributed by atoms with Gasteiger partial charge >= 0.3 is 0 Å². The number of aromatic nitrogens is 2. The van der Waals surface area contributed by atoms with Crippen molar-refractivity contribution in [2.24, 2.45) is 0 Å². The Balaban J connectivity index is 2.37. The lowest BCUT2D eigenvalue weighted by molar-refractivity contribution is 0.312. The van der Waals surface area contributed by atoms with E-state index in [9.17, 15) is 0 Å². The molecule has 11 heavy (non-hydrogen) atoms. The van der Waals surface area contributed by atoms with Gasteiger partial charge in [0.1, 0.15) is 5.82 Å². The molecule has 0 aromatic carbocycles. The maximum atomic E-state index is 5.68. The molecule has 1 aromatic heterocycles. The molecule has 0 bridgehead atoms. The summed E-state index contributed by atoms with van der Waals surface area (Å²) < 4.78 is 0. The molecule has 1 aliphatic heterocycles. The van der Waals surface area contributed by atoms with Crippen molar-refractivity contribution in [3.63, 3.8) is 0 Å². The van der Waals surface area contributed by atoms with Gasteiger partial charge in [-0.05, 0) is 7.05 Å². The number of hydrogen-bond donors (Lipinski definition) is 2. The summed E-state index contributed by atoms with van der Waals surface area (Å²) >= 11 is 0. The Morgan fingerprint density at radius 3 is 3.27 bits per heavy atom. The predicted octanol–water partition coefficient (Wildman–Crippen LogP) is -0.0202. The van der Waals surface area contributed by atoms with Gasteiger partial charge in [-0.2, -0.15) is 5.10 Å². The molecule has 0 atom stereocenters. The van der Waals surface area contributed by atoms with Crippen molar-refractivity contribution in [3.05, 3.63) is 11.3 Å². The van der Waals surface area contributed by atoms with E-state index < -0.39 is 0 Å². The highest BCUT2D eigenvalue weighted by atomic mass is 15.2. The van der Waals surface area contributed by atoms with Crippen LogP contribution < -0.4 is 5.73 Å². The fourth-order valence-corrected chi connectivity index (χ4v) is 1.45. The van der Waals surface area contributed by atoms with Crippen LogP contribution in [0.4, 0.5) is 5.82 Å². The van der Waals surface area contributed by atoms with E-state index in [1.165, 1.54) is 5.56 Å². The molecule has 0 saturated carbocycles. The summed E-state index contributed by atoms with van der Waals surface area (Å²) in [5.74, 6) is 0.728. The Kier molecular flexibility index (Phi) is 1.35. The van der Waals surface area contributed by atoms with Crippen molar-refractivity contribution < 1.29 is 0 Å². The van der Waals surface area contributed by atoms with Crippen LogP contribution in [0.1, 0.15) is 11.3 Å². The van der Waals surface area contributed by atoms with Gasteiger partial charge < -0.3 is 10.6 Å². The largest absolute Gasteiger partial charge is 0.384 e. The quantitative estimate of drug-likeness (QED) is 0.549. The van der Waals surface area contributed by atoms with Crippen LogP contribution in [0.2, 0.25) is 0 Å². The Labute approximate surface area is 65.4 Å². The Morgan fingerprint density at radius 1 is 1.64 bits per heavy atom. The van der Waals surface area contributed by atoms with E-state index in [0.717, 1.165) is 31.0 Å². The molecule has 0 spiro atoms. The number of nitrogens with one attached hydrogen (secondary N) is 1. The molecule has 0 saturated heterocycles. The van der Waals surface area contributed by atoms with Gasteiger partial charge in [0, 0.05) is 25.1 Å². The number of hydrogen-bond acceptors (Lipinski definition) is 3. The Morgan fingerprint density at radius 2 is 2.45 bits per heavy atom. The SMILES string of the molecule is CN1CCc2n[nH]c(N)c2C1. The summed E-state index contributed by atoms with van der Waals surface area (Å²) in [5.41, 5.74) is 8.00. The van der Waals surface area contributed by atoms with E-state index in [0.29, 0.717) is 0 Å². The van der Waals surface area contributed by atoms with Crippen LogP contribution in [0.15, 0.2) is 0 Å². The molecule has 1 aromatic rings. The fourth-order valence-electron chi connectivity index (χ4n) is 1.45. The number of fused-ring (bicyclic) bond motifs is 1. The zero-order valence-corrected chi connectivity index (χ0v) is 6.59. The van der Waals surface area contributed by atoms with E-state index in [1.54, 1.807) is 0 Å². The number of nitrogens with two attached hydrogens (primary N) is 1. The number of nitrogen functional groups attached to an aromatic ring is 1. The van der Waals surface area contributed by atoms with E-state index in [4.69, 9.17) is 5.73 Å². The van der Waals surface area contributed by atoms with Crippen LogP contribution in [0, 0.1) is 0 Å². The molecule has 0 fully saturated rings. The standard InChI is InChI=1S/C7H12N4/c1-11-3-2-6-5(4-11)7(8)10-9-6/h2-4H2,1H3,(H3,8,9,10). The third-order valence-corrected chi connectivity index (χ3v) is 2.14. The number of likely N-dealkylation sites (N-methyl/N-ethyl adjacent to an activating group) is 1. The van der Waals surface area contributed by atoms with Crippen molar-refractivity contribution in [1.29, 1.82) is 0 Å². The van der Waals surface area contributed by atoms with Crippen molar-refractivity contribution in [2.45, 2.75) is 13.0 Å². The van der Waals surface area contributed by atoms with Gasteiger partial charge in [-0.25, -0.2) is 0 Å². The highest BCUT2D eigenvalue weighted by Crippen LogP contribution is 2.19. The van der Waals surface area contributed by atoms with Crippen LogP contribution in [0.3, 0.4) is 0 Å². The van der Waals surface area contributed by atoms with E-state index in [2.05, 4.69) is 22.1 Å². The van der Waals surface area contributed by atoms with Crippen LogP contribution >= 0.6 is 0 Å². The minimum absolute atomic E-state index is 0.728. The molecule has 0 radical (unpaired) electrons. The van der Waals surface area contributed by atoms with Crippen molar-refractivity contribution in [1.82, 2.24) is 15.1 Å². The predicted molar refractivity (Wildman–Crippen MR) is 43.0 cm³/mol. The molecule has 0 amide bonds. The highest BCUT2D eigenvalue weighted by molar-refractivity contribution is 5.42. The molecule has 4 nitrogen and oxygen atoms in total. The summed E-state index contributed by atoms with van der Waals surface area (Å²) in [6, 6.07) is 0. The average molecular weight is 152 g/mol. The maximum Gasteiger partial charge on any atom is 0.123 e. The summed E-state index contributed by atoms with van der Waals surface area (Å²) in [7, 11) is 2.09. The van der Waals surface area contributed by atoms with Crippen LogP contribution in [0.25, 0.3) is 0 Å². The smallest absolute Gasteiger partial charge is 0.123 e. The first-order valence-electron chi connectivity index (χ1n) is 3.77. The van der Waals surface area contributed by atoms with E-state index in [1.807, 2.05) is 0 Å². The molecule has 2 heterocycles. The Bertz CT molecular complexity index is 265. The molecule has 3 N–H and O–H groups in total. The lowest BCUT2D eigenvalue weighted by Gasteiger charge is -2.21. The van der Waals surface area contributed by atoms with Crippen LogP contribution in [0.5, 0.6) is 0 Å². The third-order valence-electron chi connectivity index (χ3n) is 2.14. The molecule has 0 unspecified atom stereocenters. The Hall–Kier alpha value is -1.03. The lowest BCUT2D eigenvalue weighted by Crippen LogP contribution is -2.26. The number of rotatable bonds is 0. The highest BCUT2D eigenvalue weighted by Gasteiger charge is 2.17. The zero-order chi connectivity index (χ0) is 7.84. The fraction of sp³-hybridized carbons (Fsp3) is 0.571. The van der Waals surface area contributed by atoms with Crippen LogP contribution in [-0.2, 0) is 13.0 Å². The van der Waals surface area contributed by atoms with Gasteiger partial charge in [0.15, 0.2) is 0 Å². The summed E-state index contributed by atoms with van der Waals surface area (Å²) in [4.78, 5) is 2.24. The van der Waals surface area contributed by atoms with Crippen molar-refractivity contribution in [3.8, 4) is 0 Å². The summed E-state index contributed by atoms with van der Waals surface area (Å²) in [6.07, 6.45) is 1.01. The first-order chi connectivity index (χ1) is 5.27. The van der Waals surface area contributed by atoms with E-state index >= 15 is 0 Å². The minimum atomic E-state index is 0.728. The number of H-pyrrole nitrogens is 1. The molecule has 60 valence electrons. The second-order valence-corrected chi connectivity index (χ2v) is 3.05. The second-order valence-electron chi connectivity index (χ2n) is 3.05. The topological polar surface area (TPSA) is 57.9 Å². The maximum absolute atomic E-state index is 5.68. The first-order valence-corrected chi connectivity index (χ1v) is 3.77. The number of anilines is 1. The number of nitrogens with zero attached hydrogens (tertiary/aromatic N) is 2. The van der Waals surface area contributed by atoms with E-state index in [-0.39, 0.29) is 0 Å². The van der Waals surface area contributed by atoms with Gasteiger partial charge in [-0.3, -0.25) is 5.10 Å². The van der Waals surface area contributed by atoms with Gasteiger partial charge in [-0.15, -0.1) is 0 Å². The molecule has 2 rings (SSSR count). The summed E-state index contributed by atoms with van der Waals surface area (Å²) in [6.45, 7) is 2.01. The molecule has 0 aliphatic carbocycles. The number of aromatic amines is 1. The zero-order valence-electron chi connectivity index (χ0n) is 6.59. The van der Waals surface area contributed by atoms with Crippen LogP contribution in [-0.4, -0.2) is 28.7 Å². The molecule has 1 aliphatic rings. The van der Waals surface area contributed by atoms with Crippen molar-refractivity contribution >= 4 is 5.82 Å². The molecular weight excluding hydrogens is 140 g/mol. The minimum Gasteiger partial charge on any atom is -0.384 e. The van der Waals surface area contributed by atoms with Gasteiger partial charge in [0.25, 0.3) is 0 Å². The average Bonchev–Trinajstić information content (AvgIpc) is 2.33. The van der Waals surface area contributed by atoms with Gasteiger partial charge in [0.05, 0.1) is 5.69 Å². The van der Waals surface area contributed by atoms with Crippen molar-refractivity contribution in [2.75, 3.05) is 19.3 Å². The first kappa shape index (κ1) is 6.67. The molecular formula is C7H12N4. The molecule has 4 heteroatoms. The van der Waals surface area contributed by atoms with Gasteiger partial charge in [0.2, 0.25) is 0 Å². The lowest BCUT2D eigenvalue weighted by atomic mass is 10.1. The van der Waals surface area contributed by atoms with Gasteiger partial charge in [-0.1, -0.05) is 0 Å². The normalized spacial score (nSPS) is 18.3.